The van der Waals surface area contributed by atoms with Crippen LogP contribution in [0.5, 0.6) is 0 Å². The summed E-state index contributed by atoms with van der Waals surface area (Å²) in [4.78, 5) is 17.7. The molecule has 0 aromatic heterocycles. The van der Waals surface area contributed by atoms with Gasteiger partial charge >= 0.3 is 0 Å². The van der Waals surface area contributed by atoms with E-state index < -0.39 is 0 Å². The molecule has 3 saturated heterocycles. The molecule has 1 aromatic rings. The van der Waals surface area contributed by atoms with Crippen molar-refractivity contribution in [1.29, 1.82) is 0 Å². The van der Waals surface area contributed by atoms with E-state index in [0.717, 1.165) is 50.6 Å². The lowest BCUT2D eigenvalue weighted by atomic mass is 9.99. The minimum Gasteiger partial charge on any atom is -0.381 e. The maximum atomic E-state index is 12.8. The van der Waals surface area contributed by atoms with Crippen LogP contribution < -0.4 is 0 Å². The van der Waals surface area contributed by atoms with E-state index in [1.54, 1.807) is 0 Å². The van der Waals surface area contributed by atoms with E-state index in [9.17, 15) is 4.79 Å². The summed E-state index contributed by atoms with van der Waals surface area (Å²) in [6.45, 7) is 7.22. The second-order valence-corrected chi connectivity index (χ2v) is 8.01. The Morgan fingerprint density at radius 1 is 1.04 bits per heavy atom. The molecular formula is C21H30N2O2. The number of rotatable bonds is 4. The lowest BCUT2D eigenvalue weighted by Gasteiger charge is -2.30. The van der Waals surface area contributed by atoms with Crippen LogP contribution in [0.3, 0.4) is 0 Å². The van der Waals surface area contributed by atoms with E-state index in [1.165, 1.54) is 24.9 Å². The van der Waals surface area contributed by atoms with Crippen LogP contribution >= 0.6 is 0 Å². The molecule has 1 aromatic carbocycles. The minimum absolute atomic E-state index is 0.310. The van der Waals surface area contributed by atoms with Crippen molar-refractivity contribution in [3.63, 3.8) is 0 Å². The maximum Gasteiger partial charge on any atom is 0.227 e. The van der Waals surface area contributed by atoms with Gasteiger partial charge in [0.25, 0.3) is 0 Å². The molecule has 2 atom stereocenters. The monoisotopic (exact) mass is 342 g/mol. The van der Waals surface area contributed by atoms with Crippen molar-refractivity contribution in [2.45, 2.75) is 51.1 Å². The van der Waals surface area contributed by atoms with E-state index in [1.807, 2.05) is 0 Å². The third-order valence-corrected chi connectivity index (χ3v) is 6.32. The summed E-state index contributed by atoms with van der Waals surface area (Å²) in [7, 11) is 0. The zero-order chi connectivity index (χ0) is 17.2. The highest BCUT2D eigenvalue weighted by Crippen LogP contribution is 2.33. The first kappa shape index (κ1) is 17.0. The van der Waals surface area contributed by atoms with Crippen LogP contribution in [0.2, 0.25) is 0 Å². The van der Waals surface area contributed by atoms with Crippen LogP contribution in [0.15, 0.2) is 24.3 Å². The molecule has 0 unspecified atom stereocenters. The fraction of sp³-hybridized carbons (Fsp3) is 0.667. The SMILES string of the molecule is Cc1ccc(CC(=O)N2CC[C@@H]3[C@@H]2CCN3CC2CCOCC2)cc1. The fourth-order valence-electron chi connectivity index (χ4n) is 4.85. The molecule has 1 amide bonds. The molecule has 25 heavy (non-hydrogen) atoms. The predicted octanol–water partition coefficient (Wildman–Crippen LogP) is 2.64. The Morgan fingerprint density at radius 2 is 1.76 bits per heavy atom. The molecule has 136 valence electrons. The van der Waals surface area contributed by atoms with Crippen molar-refractivity contribution >= 4 is 5.91 Å². The van der Waals surface area contributed by atoms with E-state index >= 15 is 0 Å². The van der Waals surface area contributed by atoms with Crippen LogP contribution in [0.4, 0.5) is 0 Å². The topological polar surface area (TPSA) is 32.8 Å². The highest BCUT2D eigenvalue weighted by Gasteiger charge is 2.44. The maximum absolute atomic E-state index is 12.8. The molecule has 0 radical (unpaired) electrons. The third-order valence-electron chi connectivity index (χ3n) is 6.32. The summed E-state index contributed by atoms with van der Waals surface area (Å²) in [6.07, 6.45) is 5.23. The first-order chi connectivity index (χ1) is 12.2. The van der Waals surface area contributed by atoms with Crippen LogP contribution in [0.1, 0.15) is 36.8 Å². The van der Waals surface area contributed by atoms with Crippen molar-refractivity contribution < 1.29 is 9.53 Å². The summed E-state index contributed by atoms with van der Waals surface area (Å²) in [6, 6.07) is 9.41. The van der Waals surface area contributed by atoms with Gasteiger partial charge in [0.2, 0.25) is 5.91 Å². The Hall–Kier alpha value is -1.39. The normalized spacial score (nSPS) is 27.6. The number of likely N-dealkylation sites (tertiary alicyclic amines) is 2. The second kappa shape index (κ2) is 7.46. The van der Waals surface area contributed by atoms with Crippen LogP contribution in [0.25, 0.3) is 0 Å². The molecule has 3 aliphatic heterocycles. The van der Waals surface area contributed by atoms with Gasteiger partial charge in [-0.15, -0.1) is 0 Å². The molecule has 4 rings (SSSR count). The van der Waals surface area contributed by atoms with Crippen LogP contribution in [-0.2, 0) is 16.0 Å². The van der Waals surface area contributed by atoms with Gasteiger partial charge in [-0.2, -0.15) is 0 Å². The molecule has 0 spiro atoms. The average Bonchev–Trinajstić information content (AvgIpc) is 3.21. The van der Waals surface area contributed by atoms with Gasteiger partial charge in [0.1, 0.15) is 0 Å². The Labute approximate surface area is 151 Å². The fourth-order valence-corrected chi connectivity index (χ4v) is 4.85. The molecule has 3 fully saturated rings. The Morgan fingerprint density at radius 3 is 2.52 bits per heavy atom. The van der Waals surface area contributed by atoms with Gasteiger partial charge in [-0.3, -0.25) is 9.69 Å². The first-order valence-corrected chi connectivity index (χ1v) is 9.87. The van der Waals surface area contributed by atoms with E-state index in [2.05, 4.69) is 41.0 Å². The Bertz CT molecular complexity index is 594. The highest BCUT2D eigenvalue weighted by atomic mass is 16.5. The van der Waals surface area contributed by atoms with Crippen molar-refractivity contribution in [3.05, 3.63) is 35.4 Å². The van der Waals surface area contributed by atoms with Crippen molar-refractivity contribution in [2.75, 3.05) is 32.8 Å². The number of hydrogen-bond donors (Lipinski definition) is 0. The van der Waals surface area contributed by atoms with Gasteiger partial charge in [-0.25, -0.2) is 0 Å². The number of benzene rings is 1. The molecular weight excluding hydrogens is 312 g/mol. The van der Waals surface area contributed by atoms with E-state index in [-0.39, 0.29) is 0 Å². The first-order valence-electron chi connectivity index (χ1n) is 9.87. The van der Waals surface area contributed by atoms with Gasteiger partial charge in [0.05, 0.1) is 6.42 Å². The standard InChI is InChI=1S/C21H30N2O2/c1-16-2-4-17(5-3-16)14-21(24)23-11-7-19-20(23)6-10-22(19)15-18-8-12-25-13-9-18/h2-5,18-20H,6-15H2,1H3/t19-,20+/m1/s1. The smallest absolute Gasteiger partial charge is 0.227 e. The summed E-state index contributed by atoms with van der Waals surface area (Å²) in [5, 5.41) is 0. The van der Waals surface area contributed by atoms with Crippen molar-refractivity contribution in [3.8, 4) is 0 Å². The second-order valence-electron chi connectivity index (χ2n) is 8.01. The number of fused-ring (bicyclic) bond motifs is 1. The summed E-state index contributed by atoms with van der Waals surface area (Å²) in [5.41, 5.74) is 2.38. The predicted molar refractivity (Wildman–Crippen MR) is 98.5 cm³/mol. The number of amides is 1. The minimum atomic E-state index is 0.310. The van der Waals surface area contributed by atoms with Crippen molar-refractivity contribution in [2.24, 2.45) is 5.92 Å². The zero-order valence-electron chi connectivity index (χ0n) is 15.3. The van der Waals surface area contributed by atoms with Gasteiger partial charge < -0.3 is 9.64 Å². The molecule has 0 aliphatic carbocycles. The number of ether oxygens (including phenoxy) is 1. The lowest BCUT2D eigenvalue weighted by Crippen LogP contribution is -2.41. The molecule has 4 nitrogen and oxygen atoms in total. The Kier molecular flexibility index (Phi) is 5.09. The average molecular weight is 342 g/mol. The lowest BCUT2D eigenvalue weighted by molar-refractivity contribution is -0.131. The van der Waals surface area contributed by atoms with Gasteiger partial charge in [0.15, 0.2) is 0 Å². The van der Waals surface area contributed by atoms with Gasteiger partial charge in [-0.1, -0.05) is 29.8 Å². The number of carbonyl (C=O) groups is 1. The number of carbonyl (C=O) groups excluding carboxylic acids is 1. The van der Waals surface area contributed by atoms with Crippen LogP contribution in [-0.4, -0.2) is 60.6 Å². The van der Waals surface area contributed by atoms with E-state index in [4.69, 9.17) is 4.74 Å². The van der Waals surface area contributed by atoms with Gasteiger partial charge in [-0.05, 0) is 44.1 Å². The summed E-state index contributed by atoms with van der Waals surface area (Å²) in [5.74, 6) is 1.09. The molecule has 3 heterocycles. The van der Waals surface area contributed by atoms with Crippen LogP contribution in [0, 0.1) is 12.8 Å². The molecule has 0 bridgehead atoms. The Balaban J connectivity index is 1.34. The summed E-state index contributed by atoms with van der Waals surface area (Å²) < 4.78 is 5.49. The zero-order valence-corrected chi connectivity index (χ0v) is 15.3. The largest absolute Gasteiger partial charge is 0.381 e. The molecule has 0 saturated carbocycles. The number of aryl methyl sites for hydroxylation is 1. The molecule has 0 N–H and O–H groups in total. The molecule has 3 aliphatic rings. The molecule has 4 heteroatoms. The van der Waals surface area contributed by atoms with Gasteiger partial charge in [0, 0.05) is 44.9 Å². The summed E-state index contributed by atoms with van der Waals surface area (Å²) >= 11 is 0. The number of nitrogens with zero attached hydrogens (tertiary/aromatic N) is 2. The quantitative estimate of drug-likeness (QED) is 0.843. The van der Waals surface area contributed by atoms with Crippen molar-refractivity contribution in [1.82, 2.24) is 9.80 Å². The third kappa shape index (κ3) is 3.75. The number of hydrogen-bond acceptors (Lipinski definition) is 3. The highest BCUT2D eigenvalue weighted by molar-refractivity contribution is 5.79. The van der Waals surface area contributed by atoms with E-state index in [0.29, 0.717) is 24.4 Å².